The Morgan fingerprint density at radius 1 is 1.36 bits per heavy atom. The van der Waals surface area contributed by atoms with E-state index in [2.05, 4.69) is 15.5 Å². The lowest BCUT2D eigenvalue weighted by Crippen LogP contribution is -2.26. The maximum Gasteiger partial charge on any atom is 0.244 e. The summed E-state index contributed by atoms with van der Waals surface area (Å²) in [4.78, 5) is 16.0. The van der Waals surface area contributed by atoms with Crippen molar-refractivity contribution in [2.75, 3.05) is 11.1 Å². The number of hydrogen-bond donors (Lipinski definition) is 1. The van der Waals surface area contributed by atoms with Gasteiger partial charge in [-0.1, -0.05) is 30.6 Å². The number of aryl methyl sites for hydroxylation is 1. The van der Waals surface area contributed by atoms with Gasteiger partial charge in [-0.2, -0.15) is 4.98 Å². The van der Waals surface area contributed by atoms with Crippen LogP contribution in [0.2, 0.25) is 0 Å². The van der Waals surface area contributed by atoms with Crippen LogP contribution in [0.1, 0.15) is 43.7 Å². The molecule has 0 radical (unpaired) electrons. The van der Waals surface area contributed by atoms with Crippen LogP contribution in [0.25, 0.3) is 0 Å². The number of sulfone groups is 1. The Balaban J connectivity index is 2.03. The van der Waals surface area contributed by atoms with Gasteiger partial charge in [0.25, 0.3) is 0 Å². The largest absolute Gasteiger partial charge is 0.338 e. The van der Waals surface area contributed by atoms with Crippen molar-refractivity contribution >= 4 is 21.4 Å². The van der Waals surface area contributed by atoms with Gasteiger partial charge in [0.15, 0.2) is 15.7 Å². The zero-order chi connectivity index (χ0) is 18.4. The fraction of sp³-hybridized carbons (Fsp3) is 0.438. The second-order valence-corrected chi connectivity index (χ2v) is 7.95. The molecule has 1 N–H and O–H groups in total. The van der Waals surface area contributed by atoms with Gasteiger partial charge in [-0.25, -0.2) is 12.8 Å². The molecule has 0 saturated carbocycles. The normalized spacial score (nSPS) is 12.8. The van der Waals surface area contributed by atoms with Crippen LogP contribution in [-0.4, -0.2) is 30.2 Å². The first-order valence-electron chi connectivity index (χ1n) is 7.92. The van der Waals surface area contributed by atoms with E-state index in [1.54, 1.807) is 0 Å². The number of carbonyl (C=O) groups is 1. The average Bonchev–Trinajstić information content (AvgIpc) is 3.02. The zero-order valence-electron chi connectivity index (χ0n) is 14.0. The lowest BCUT2D eigenvalue weighted by molar-refractivity contribution is -0.113. The zero-order valence-corrected chi connectivity index (χ0v) is 14.8. The van der Waals surface area contributed by atoms with Gasteiger partial charge in [-0.05, 0) is 25.5 Å². The number of nitrogens with one attached hydrogen (secondary N) is 1. The molecular formula is C16H20FN3O4S. The molecular weight excluding hydrogens is 349 g/mol. The topological polar surface area (TPSA) is 102 Å². The third-order valence-electron chi connectivity index (χ3n) is 3.60. The third kappa shape index (κ3) is 5.09. The highest BCUT2D eigenvalue weighted by Crippen LogP contribution is 2.22. The van der Waals surface area contributed by atoms with Gasteiger partial charge in [0, 0.05) is 6.42 Å². The second kappa shape index (κ2) is 8.19. The summed E-state index contributed by atoms with van der Waals surface area (Å²) in [7, 11) is -3.88. The van der Waals surface area contributed by atoms with Crippen molar-refractivity contribution in [2.24, 2.45) is 0 Å². The van der Waals surface area contributed by atoms with Crippen molar-refractivity contribution in [3.8, 4) is 0 Å². The van der Waals surface area contributed by atoms with Crippen molar-refractivity contribution in [3.63, 3.8) is 0 Å². The van der Waals surface area contributed by atoms with E-state index in [-0.39, 0.29) is 11.6 Å². The third-order valence-corrected chi connectivity index (χ3v) is 5.55. The lowest BCUT2D eigenvalue weighted by Gasteiger charge is -2.10. The summed E-state index contributed by atoms with van der Waals surface area (Å²) in [5.74, 6) is -1.89. The quantitative estimate of drug-likeness (QED) is 0.767. The molecule has 1 amide bonds. The van der Waals surface area contributed by atoms with E-state index < -0.39 is 32.6 Å². The fourth-order valence-electron chi connectivity index (χ4n) is 2.08. The summed E-state index contributed by atoms with van der Waals surface area (Å²) >= 11 is 0. The first-order valence-corrected chi connectivity index (χ1v) is 9.63. The standard InChI is InChI=1S/C16H20FN3O4S/c1-3-4-9-14-19-16(24-20-14)11(2)25(22,23)10-15(21)18-13-8-6-5-7-12(13)17/h5-8,11H,3-4,9-10H2,1-2H3,(H,18,21). The molecule has 0 aliphatic heterocycles. The summed E-state index contributed by atoms with van der Waals surface area (Å²) in [6.07, 6.45) is 2.42. The number of hydrogen-bond acceptors (Lipinski definition) is 6. The summed E-state index contributed by atoms with van der Waals surface area (Å²) in [6.45, 7) is 3.39. The molecule has 0 aliphatic rings. The van der Waals surface area contributed by atoms with Crippen LogP contribution in [0.15, 0.2) is 28.8 Å². The van der Waals surface area contributed by atoms with Crippen LogP contribution >= 0.6 is 0 Å². The van der Waals surface area contributed by atoms with Crippen molar-refractivity contribution in [2.45, 2.75) is 38.4 Å². The van der Waals surface area contributed by atoms with Gasteiger partial charge in [0.05, 0.1) is 5.69 Å². The van der Waals surface area contributed by atoms with Gasteiger partial charge < -0.3 is 9.84 Å². The van der Waals surface area contributed by atoms with E-state index >= 15 is 0 Å². The molecule has 1 aromatic carbocycles. The molecule has 0 spiro atoms. The van der Waals surface area contributed by atoms with Crippen molar-refractivity contribution < 1.29 is 22.1 Å². The Morgan fingerprint density at radius 2 is 2.08 bits per heavy atom. The van der Waals surface area contributed by atoms with Gasteiger partial charge in [-0.3, -0.25) is 4.79 Å². The number of carbonyl (C=O) groups excluding carboxylic acids is 1. The summed E-state index contributed by atoms with van der Waals surface area (Å²) in [5.41, 5.74) is -0.0741. The molecule has 2 rings (SSSR count). The van der Waals surface area contributed by atoms with E-state index in [1.165, 1.54) is 31.2 Å². The number of anilines is 1. The maximum absolute atomic E-state index is 13.5. The highest BCUT2D eigenvalue weighted by molar-refractivity contribution is 7.92. The van der Waals surface area contributed by atoms with Crippen LogP contribution < -0.4 is 5.32 Å². The minimum absolute atomic E-state index is 0.0511. The number of nitrogens with zero attached hydrogens (tertiary/aromatic N) is 2. The highest BCUT2D eigenvalue weighted by atomic mass is 32.2. The average molecular weight is 369 g/mol. The molecule has 25 heavy (non-hydrogen) atoms. The van der Waals surface area contributed by atoms with Crippen LogP contribution in [0.5, 0.6) is 0 Å². The Labute approximate surface area is 145 Å². The maximum atomic E-state index is 13.5. The van der Waals surface area contributed by atoms with Gasteiger partial charge in [0.1, 0.15) is 16.8 Å². The molecule has 2 aromatic rings. The van der Waals surface area contributed by atoms with Crippen molar-refractivity contribution in [1.29, 1.82) is 0 Å². The number of aromatic nitrogens is 2. The van der Waals surface area contributed by atoms with Gasteiger partial charge >= 0.3 is 0 Å². The lowest BCUT2D eigenvalue weighted by atomic mass is 10.2. The van der Waals surface area contributed by atoms with Crippen LogP contribution in [0, 0.1) is 5.82 Å². The number of halogens is 1. The second-order valence-electron chi connectivity index (χ2n) is 5.63. The molecule has 136 valence electrons. The molecule has 1 heterocycles. The van der Waals surface area contributed by atoms with E-state index in [4.69, 9.17) is 4.52 Å². The molecule has 9 heteroatoms. The predicted octanol–water partition coefficient (Wildman–Crippen LogP) is 2.67. The van der Waals surface area contributed by atoms with E-state index in [0.717, 1.165) is 12.8 Å². The first-order chi connectivity index (χ1) is 11.8. The van der Waals surface area contributed by atoms with E-state index in [1.807, 2.05) is 6.92 Å². The summed E-state index contributed by atoms with van der Waals surface area (Å²) in [6, 6.07) is 5.52. The molecule has 1 atom stereocenters. The molecule has 0 aliphatic carbocycles. The number of unbranched alkanes of at least 4 members (excludes halogenated alkanes) is 1. The van der Waals surface area contributed by atoms with Crippen molar-refractivity contribution in [1.82, 2.24) is 10.1 Å². The minimum Gasteiger partial charge on any atom is -0.338 e. The number of benzene rings is 1. The fourth-order valence-corrected chi connectivity index (χ4v) is 3.17. The Bertz CT molecular complexity index is 835. The number of amides is 1. The summed E-state index contributed by atoms with van der Waals surface area (Å²) < 4.78 is 43.2. The molecule has 7 nitrogen and oxygen atoms in total. The number of para-hydroxylation sites is 1. The Hall–Kier alpha value is -2.29. The molecule has 0 fully saturated rings. The monoisotopic (exact) mass is 369 g/mol. The van der Waals surface area contributed by atoms with E-state index in [0.29, 0.717) is 12.2 Å². The van der Waals surface area contributed by atoms with E-state index in [9.17, 15) is 17.6 Å². The van der Waals surface area contributed by atoms with Crippen LogP contribution in [-0.2, 0) is 21.1 Å². The SMILES string of the molecule is CCCCc1noc(C(C)S(=O)(=O)CC(=O)Nc2ccccc2F)n1. The minimum atomic E-state index is -3.88. The predicted molar refractivity (Wildman–Crippen MR) is 90.1 cm³/mol. The number of rotatable bonds is 8. The Kier molecular flexibility index (Phi) is 6.24. The van der Waals surface area contributed by atoms with Gasteiger partial charge in [0.2, 0.25) is 11.8 Å². The van der Waals surface area contributed by atoms with Gasteiger partial charge in [-0.15, -0.1) is 0 Å². The smallest absolute Gasteiger partial charge is 0.244 e. The first kappa shape index (κ1) is 19.0. The molecule has 0 saturated heterocycles. The Morgan fingerprint density at radius 3 is 2.76 bits per heavy atom. The van der Waals surface area contributed by atoms with Crippen molar-refractivity contribution in [3.05, 3.63) is 41.8 Å². The molecule has 0 bridgehead atoms. The van der Waals surface area contributed by atoms with Crippen LogP contribution in [0.3, 0.4) is 0 Å². The summed E-state index contributed by atoms with van der Waals surface area (Å²) in [5, 5.41) is 4.87. The van der Waals surface area contributed by atoms with Crippen LogP contribution in [0.4, 0.5) is 10.1 Å². The highest BCUT2D eigenvalue weighted by Gasteiger charge is 2.30. The molecule has 1 unspecified atom stereocenters. The molecule has 1 aromatic heterocycles.